The number of carbonyl (C=O) groups is 2. The molecule has 0 aromatic carbocycles. The molecule has 0 aromatic rings. The summed E-state index contributed by atoms with van der Waals surface area (Å²) in [6.07, 6.45) is 11.9. The van der Waals surface area contributed by atoms with Crippen molar-refractivity contribution in [1.29, 1.82) is 5.41 Å². The van der Waals surface area contributed by atoms with E-state index in [2.05, 4.69) is 22.9 Å². The molecule has 1 heterocycles. The van der Waals surface area contributed by atoms with Gasteiger partial charge in [-0.05, 0) is 24.5 Å². The molecule has 1 aliphatic heterocycles. The minimum absolute atomic E-state index is 0.00703. The molecule has 1 unspecified atom stereocenters. The Labute approximate surface area is 167 Å². The fraction of sp³-hybridized carbons (Fsp3) is 0.650. The van der Waals surface area contributed by atoms with Crippen molar-refractivity contribution >= 4 is 17.6 Å². The van der Waals surface area contributed by atoms with Gasteiger partial charge in [0.25, 0.3) is 0 Å². The maximum atomic E-state index is 12.4. The highest BCUT2D eigenvalue weighted by molar-refractivity contribution is 5.92. The first-order chi connectivity index (χ1) is 13.5. The number of hydrogen-bond acceptors (Lipinski definition) is 5. The number of dihydropyridines is 1. The van der Waals surface area contributed by atoms with Gasteiger partial charge in [0, 0.05) is 32.7 Å². The fourth-order valence-corrected chi connectivity index (χ4v) is 2.84. The van der Waals surface area contributed by atoms with Gasteiger partial charge in [-0.3, -0.25) is 15.0 Å². The maximum Gasteiger partial charge on any atom is 0.243 e. The standard InChI is InChI=1S/C20H35N5O3/c1-3-4-5-6-7-8-18(26)25-16(13-17(21)22)20(27)23-12-11-15-9-10-19(28-2)24-14-15/h9-10,14,16,19,24H,3-8,11-13H2,1-2H3,(H3,21,22)(H,23,27)(H,25,26)/t16-,19?/m1/s1. The molecule has 2 amide bonds. The van der Waals surface area contributed by atoms with Crippen molar-refractivity contribution in [3.05, 3.63) is 23.9 Å². The van der Waals surface area contributed by atoms with Crippen LogP contribution < -0.4 is 21.7 Å². The third-order valence-electron chi connectivity index (χ3n) is 4.47. The lowest BCUT2D eigenvalue weighted by Gasteiger charge is -2.19. The van der Waals surface area contributed by atoms with Gasteiger partial charge in [0.2, 0.25) is 11.8 Å². The van der Waals surface area contributed by atoms with E-state index in [9.17, 15) is 9.59 Å². The number of hydrogen-bond donors (Lipinski definition) is 5. The van der Waals surface area contributed by atoms with Gasteiger partial charge in [-0.15, -0.1) is 0 Å². The Morgan fingerprint density at radius 1 is 1.32 bits per heavy atom. The van der Waals surface area contributed by atoms with E-state index >= 15 is 0 Å². The van der Waals surface area contributed by atoms with Crippen molar-refractivity contribution in [1.82, 2.24) is 16.0 Å². The number of unbranched alkanes of at least 4 members (excludes halogenated alkanes) is 4. The SMILES string of the molecule is CCCCCCCC(=O)N[C@H](CC(=N)N)C(=O)NCCC1=CNC(OC)C=C1. The van der Waals surface area contributed by atoms with Gasteiger partial charge in [0.15, 0.2) is 0 Å². The van der Waals surface area contributed by atoms with Crippen LogP contribution in [-0.4, -0.2) is 43.6 Å². The molecule has 28 heavy (non-hydrogen) atoms. The highest BCUT2D eigenvalue weighted by atomic mass is 16.5. The van der Waals surface area contributed by atoms with E-state index in [0.29, 0.717) is 19.4 Å². The molecule has 6 N–H and O–H groups in total. The van der Waals surface area contributed by atoms with Crippen molar-refractivity contribution in [2.24, 2.45) is 5.73 Å². The summed E-state index contributed by atoms with van der Waals surface area (Å²) in [7, 11) is 1.62. The molecule has 2 atom stereocenters. The lowest BCUT2D eigenvalue weighted by molar-refractivity contribution is -0.128. The third-order valence-corrected chi connectivity index (χ3v) is 4.47. The number of amides is 2. The van der Waals surface area contributed by atoms with Crippen LogP contribution in [-0.2, 0) is 14.3 Å². The molecule has 0 aromatic heterocycles. The molecule has 158 valence electrons. The van der Waals surface area contributed by atoms with Crippen molar-refractivity contribution in [2.75, 3.05) is 13.7 Å². The van der Waals surface area contributed by atoms with E-state index < -0.39 is 6.04 Å². The molecule has 0 radical (unpaired) electrons. The van der Waals surface area contributed by atoms with Gasteiger partial charge in [0.1, 0.15) is 12.3 Å². The van der Waals surface area contributed by atoms with Gasteiger partial charge in [-0.25, -0.2) is 0 Å². The Morgan fingerprint density at radius 2 is 2.07 bits per heavy atom. The van der Waals surface area contributed by atoms with Crippen LogP contribution in [0.15, 0.2) is 23.9 Å². The van der Waals surface area contributed by atoms with E-state index in [1.165, 1.54) is 6.42 Å². The average molecular weight is 394 g/mol. The second-order valence-electron chi connectivity index (χ2n) is 6.96. The molecule has 0 saturated carbocycles. The Balaban J connectivity index is 2.38. The number of nitrogens with two attached hydrogens (primary N) is 1. The second-order valence-corrected chi connectivity index (χ2v) is 6.96. The van der Waals surface area contributed by atoms with Gasteiger partial charge in [-0.1, -0.05) is 38.7 Å². The largest absolute Gasteiger partial charge is 0.388 e. The van der Waals surface area contributed by atoms with Crippen LogP contribution in [0.5, 0.6) is 0 Å². The smallest absolute Gasteiger partial charge is 0.243 e. The van der Waals surface area contributed by atoms with Crippen molar-refractivity contribution in [3.63, 3.8) is 0 Å². The molecule has 0 bridgehead atoms. The van der Waals surface area contributed by atoms with Crippen LogP contribution in [0.4, 0.5) is 0 Å². The number of carbonyl (C=O) groups excluding carboxylic acids is 2. The van der Waals surface area contributed by atoms with E-state index in [0.717, 1.165) is 31.3 Å². The van der Waals surface area contributed by atoms with E-state index in [1.54, 1.807) is 7.11 Å². The Morgan fingerprint density at radius 3 is 2.68 bits per heavy atom. The Hall–Kier alpha value is -2.35. The van der Waals surface area contributed by atoms with E-state index in [-0.39, 0.29) is 30.3 Å². The topological polar surface area (TPSA) is 129 Å². The Bertz CT molecular complexity index is 574. The number of allylic oxidation sites excluding steroid dienone is 1. The number of ether oxygens (including phenoxy) is 1. The van der Waals surface area contributed by atoms with Crippen LogP contribution in [0.25, 0.3) is 0 Å². The normalized spacial score (nSPS) is 16.6. The minimum atomic E-state index is -0.812. The van der Waals surface area contributed by atoms with Crippen LogP contribution in [0.3, 0.4) is 0 Å². The van der Waals surface area contributed by atoms with Crippen LogP contribution in [0.2, 0.25) is 0 Å². The lowest BCUT2D eigenvalue weighted by Crippen LogP contribution is -2.48. The number of methoxy groups -OCH3 is 1. The summed E-state index contributed by atoms with van der Waals surface area (Å²) < 4.78 is 5.15. The summed E-state index contributed by atoms with van der Waals surface area (Å²) in [4.78, 5) is 24.5. The lowest BCUT2D eigenvalue weighted by atomic mass is 10.1. The molecule has 0 fully saturated rings. The average Bonchev–Trinajstić information content (AvgIpc) is 2.67. The molecule has 8 nitrogen and oxygen atoms in total. The van der Waals surface area contributed by atoms with Gasteiger partial charge < -0.3 is 26.4 Å². The first-order valence-electron chi connectivity index (χ1n) is 10.0. The minimum Gasteiger partial charge on any atom is -0.388 e. The molecule has 0 saturated heterocycles. The molecule has 1 aliphatic rings. The fourth-order valence-electron chi connectivity index (χ4n) is 2.84. The molecular formula is C20H35N5O3. The molecule has 0 aliphatic carbocycles. The highest BCUT2D eigenvalue weighted by Crippen LogP contribution is 2.08. The van der Waals surface area contributed by atoms with E-state index in [1.807, 2.05) is 18.4 Å². The maximum absolute atomic E-state index is 12.4. The predicted octanol–water partition coefficient (Wildman–Crippen LogP) is 1.68. The van der Waals surface area contributed by atoms with Gasteiger partial charge in [0.05, 0.1) is 5.84 Å². The number of nitrogens with one attached hydrogen (secondary N) is 4. The third kappa shape index (κ3) is 10.1. The first kappa shape index (κ1) is 23.7. The molecule has 0 spiro atoms. The van der Waals surface area contributed by atoms with Crippen molar-refractivity contribution < 1.29 is 14.3 Å². The number of rotatable bonds is 14. The predicted molar refractivity (Wildman–Crippen MR) is 111 cm³/mol. The number of amidine groups is 1. The zero-order chi connectivity index (χ0) is 20.8. The van der Waals surface area contributed by atoms with Crippen molar-refractivity contribution in [3.8, 4) is 0 Å². The monoisotopic (exact) mass is 393 g/mol. The summed E-state index contributed by atoms with van der Waals surface area (Å²) in [5.74, 6) is -0.626. The van der Waals surface area contributed by atoms with Crippen LogP contribution in [0, 0.1) is 5.41 Å². The molecule has 1 rings (SSSR count). The Kier molecular flexibility index (Phi) is 11.6. The highest BCUT2D eigenvalue weighted by Gasteiger charge is 2.21. The summed E-state index contributed by atoms with van der Waals surface area (Å²) >= 11 is 0. The van der Waals surface area contributed by atoms with Crippen molar-refractivity contribution in [2.45, 2.75) is 70.6 Å². The molecule has 8 heteroatoms. The summed E-state index contributed by atoms with van der Waals surface area (Å²) in [5.41, 5.74) is 6.48. The summed E-state index contributed by atoms with van der Waals surface area (Å²) in [6, 6.07) is -0.812. The van der Waals surface area contributed by atoms with Gasteiger partial charge in [-0.2, -0.15) is 0 Å². The van der Waals surface area contributed by atoms with Crippen LogP contribution >= 0.6 is 0 Å². The second kappa shape index (κ2) is 13.8. The van der Waals surface area contributed by atoms with Gasteiger partial charge >= 0.3 is 0 Å². The first-order valence-corrected chi connectivity index (χ1v) is 10.0. The zero-order valence-corrected chi connectivity index (χ0v) is 17.1. The van der Waals surface area contributed by atoms with Crippen LogP contribution in [0.1, 0.15) is 58.3 Å². The zero-order valence-electron chi connectivity index (χ0n) is 17.1. The van der Waals surface area contributed by atoms with E-state index in [4.69, 9.17) is 15.9 Å². The quantitative estimate of drug-likeness (QED) is 0.174. The summed E-state index contributed by atoms with van der Waals surface area (Å²) in [5, 5.41) is 16.1. The summed E-state index contributed by atoms with van der Waals surface area (Å²) in [6.45, 7) is 2.57. The molecular weight excluding hydrogens is 358 g/mol.